The van der Waals surface area contributed by atoms with E-state index in [1.807, 2.05) is 0 Å². The summed E-state index contributed by atoms with van der Waals surface area (Å²) in [5.74, 6) is 1.64. The summed E-state index contributed by atoms with van der Waals surface area (Å²) in [6.45, 7) is 2.10. The predicted octanol–water partition coefficient (Wildman–Crippen LogP) is 3.87. The average molecular weight is 260 g/mol. The molecule has 1 rings (SSSR count). The number of carbonyl (C=O) groups is 1. The molecule has 1 aliphatic carbocycles. The molecule has 1 amide bonds. The van der Waals surface area contributed by atoms with Crippen LogP contribution >= 0.6 is 11.6 Å². The van der Waals surface area contributed by atoms with Gasteiger partial charge in [0, 0.05) is 18.3 Å². The molecular weight excluding hydrogens is 234 g/mol. The quantitative estimate of drug-likeness (QED) is 0.691. The SMILES string of the molecule is CCC(CCCl)NC(=O)CCC1CCCCC1. The fourth-order valence-corrected chi connectivity index (χ4v) is 2.88. The highest BCUT2D eigenvalue weighted by Crippen LogP contribution is 2.27. The molecule has 0 radical (unpaired) electrons. The van der Waals surface area contributed by atoms with E-state index in [4.69, 9.17) is 11.6 Å². The third-order valence-corrected chi connectivity index (χ3v) is 4.04. The largest absolute Gasteiger partial charge is 0.353 e. The summed E-state index contributed by atoms with van der Waals surface area (Å²) in [6.07, 6.45) is 10.4. The second-order valence-corrected chi connectivity index (χ2v) is 5.57. The van der Waals surface area contributed by atoms with Gasteiger partial charge in [0.25, 0.3) is 0 Å². The second-order valence-electron chi connectivity index (χ2n) is 5.19. The van der Waals surface area contributed by atoms with Crippen LogP contribution in [0.15, 0.2) is 0 Å². The van der Waals surface area contributed by atoms with Gasteiger partial charge in [-0.05, 0) is 25.2 Å². The van der Waals surface area contributed by atoms with Gasteiger partial charge in [-0.25, -0.2) is 0 Å². The lowest BCUT2D eigenvalue weighted by Gasteiger charge is -2.22. The van der Waals surface area contributed by atoms with Crippen molar-refractivity contribution in [3.63, 3.8) is 0 Å². The Hall–Kier alpha value is -0.240. The normalized spacial score (nSPS) is 18.9. The van der Waals surface area contributed by atoms with Gasteiger partial charge >= 0.3 is 0 Å². The molecule has 0 aromatic carbocycles. The van der Waals surface area contributed by atoms with Crippen molar-refractivity contribution < 1.29 is 4.79 Å². The Morgan fingerprint density at radius 3 is 2.65 bits per heavy atom. The molecule has 3 heteroatoms. The van der Waals surface area contributed by atoms with Gasteiger partial charge in [0.1, 0.15) is 0 Å². The first-order chi connectivity index (χ1) is 8.26. The number of nitrogens with one attached hydrogen (secondary N) is 1. The van der Waals surface area contributed by atoms with Gasteiger partial charge in [0.15, 0.2) is 0 Å². The molecule has 0 aromatic rings. The zero-order valence-corrected chi connectivity index (χ0v) is 11.8. The van der Waals surface area contributed by atoms with E-state index in [1.54, 1.807) is 0 Å². The number of amides is 1. The molecule has 100 valence electrons. The highest BCUT2D eigenvalue weighted by molar-refractivity contribution is 6.17. The molecular formula is C14H26ClNO. The van der Waals surface area contributed by atoms with E-state index in [0.29, 0.717) is 12.3 Å². The van der Waals surface area contributed by atoms with E-state index in [9.17, 15) is 4.79 Å². The summed E-state index contributed by atoms with van der Waals surface area (Å²) in [6, 6.07) is 0.270. The van der Waals surface area contributed by atoms with Crippen molar-refractivity contribution in [2.75, 3.05) is 5.88 Å². The van der Waals surface area contributed by atoms with Crippen LogP contribution in [0.5, 0.6) is 0 Å². The van der Waals surface area contributed by atoms with Crippen LogP contribution in [0.2, 0.25) is 0 Å². The summed E-state index contributed by atoms with van der Waals surface area (Å²) in [5, 5.41) is 3.08. The molecule has 17 heavy (non-hydrogen) atoms. The Kier molecular flexibility index (Phi) is 7.67. The standard InChI is InChI=1S/C14H26ClNO/c1-2-13(10-11-15)16-14(17)9-8-12-6-4-3-5-7-12/h12-13H,2-11H2,1H3,(H,16,17). The molecule has 0 heterocycles. The van der Waals surface area contributed by atoms with Gasteiger partial charge in [-0.2, -0.15) is 0 Å². The third-order valence-electron chi connectivity index (χ3n) is 3.82. The number of carbonyl (C=O) groups excluding carboxylic acids is 1. The summed E-state index contributed by atoms with van der Waals surface area (Å²) in [4.78, 5) is 11.8. The molecule has 1 aliphatic rings. The number of hydrogen-bond donors (Lipinski definition) is 1. The minimum Gasteiger partial charge on any atom is -0.353 e. The van der Waals surface area contributed by atoms with Gasteiger partial charge in [-0.3, -0.25) is 4.79 Å². The van der Waals surface area contributed by atoms with E-state index in [1.165, 1.54) is 32.1 Å². The second kappa shape index (κ2) is 8.79. The maximum atomic E-state index is 11.8. The van der Waals surface area contributed by atoms with E-state index < -0.39 is 0 Å². The van der Waals surface area contributed by atoms with Gasteiger partial charge in [0.2, 0.25) is 5.91 Å². The van der Waals surface area contributed by atoms with Crippen LogP contribution in [0.1, 0.15) is 64.7 Å². The fourth-order valence-electron chi connectivity index (χ4n) is 2.62. The monoisotopic (exact) mass is 259 g/mol. The fraction of sp³-hybridized carbons (Fsp3) is 0.929. The molecule has 0 aliphatic heterocycles. The maximum absolute atomic E-state index is 11.8. The van der Waals surface area contributed by atoms with Crippen LogP contribution < -0.4 is 5.32 Å². The van der Waals surface area contributed by atoms with Gasteiger partial charge in [0.05, 0.1) is 0 Å². The number of halogens is 1. The average Bonchev–Trinajstić information content (AvgIpc) is 2.37. The molecule has 0 spiro atoms. The minimum atomic E-state index is 0.215. The smallest absolute Gasteiger partial charge is 0.220 e. The van der Waals surface area contributed by atoms with Crippen LogP contribution in [0.25, 0.3) is 0 Å². The Labute approximate surface area is 110 Å². The van der Waals surface area contributed by atoms with E-state index in [2.05, 4.69) is 12.2 Å². The van der Waals surface area contributed by atoms with Crippen LogP contribution in [0, 0.1) is 5.92 Å². The van der Waals surface area contributed by atoms with Crippen molar-refractivity contribution in [3.05, 3.63) is 0 Å². The molecule has 1 N–H and O–H groups in total. The molecule has 1 saturated carbocycles. The molecule has 0 aromatic heterocycles. The van der Waals surface area contributed by atoms with Crippen molar-refractivity contribution in [2.45, 2.75) is 70.8 Å². The van der Waals surface area contributed by atoms with Crippen molar-refractivity contribution in [2.24, 2.45) is 5.92 Å². The first-order valence-electron chi connectivity index (χ1n) is 7.11. The van der Waals surface area contributed by atoms with E-state index in [-0.39, 0.29) is 11.9 Å². The Morgan fingerprint density at radius 2 is 2.06 bits per heavy atom. The van der Waals surface area contributed by atoms with E-state index >= 15 is 0 Å². The van der Waals surface area contributed by atoms with Gasteiger partial charge in [-0.15, -0.1) is 11.6 Å². The van der Waals surface area contributed by atoms with Gasteiger partial charge < -0.3 is 5.32 Å². The molecule has 2 nitrogen and oxygen atoms in total. The van der Waals surface area contributed by atoms with Crippen molar-refractivity contribution >= 4 is 17.5 Å². The number of hydrogen-bond acceptors (Lipinski definition) is 1. The highest BCUT2D eigenvalue weighted by Gasteiger charge is 2.16. The maximum Gasteiger partial charge on any atom is 0.220 e. The van der Waals surface area contributed by atoms with Crippen LogP contribution in [0.4, 0.5) is 0 Å². The zero-order chi connectivity index (χ0) is 12.5. The lowest BCUT2D eigenvalue weighted by atomic mass is 9.86. The third kappa shape index (κ3) is 6.30. The highest BCUT2D eigenvalue weighted by atomic mass is 35.5. The predicted molar refractivity (Wildman–Crippen MR) is 73.4 cm³/mol. The van der Waals surface area contributed by atoms with Crippen LogP contribution in [-0.4, -0.2) is 17.8 Å². The van der Waals surface area contributed by atoms with E-state index in [0.717, 1.165) is 25.2 Å². The molecule has 1 unspecified atom stereocenters. The number of alkyl halides is 1. The molecule has 1 fully saturated rings. The lowest BCUT2D eigenvalue weighted by Crippen LogP contribution is -2.34. The molecule has 1 atom stereocenters. The zero-order valence-electron chi connectivity index (χ0n) is 11.0. The topological polar surface area (TPSA) is 29.1 Å². The van der Waals surface area contributed by atoms with Crippen molar-refractivity contribution in [1.82, 2.24) is 5.32 Å². The molecule has 0 saturated heterocycles. The summed E-state index contributed by atoms with van der Waals surface area (Å²) >= 11 is 5.71. The lowest BCUT2D eigenvalue weighted by molar-refractivity contribution is -0.122. The summed E-state index contributed by atoms with van der Waals surface area (Å²) < 4.78 is 0. The minimum absolute atomic E-state index is 0.215. The summed E-state index contributed by atoms with van der Waals surface area (Å²) in [5.41, 5.74) is 0. The van der Waals surface area contributed by atoms with Crippen molar-refractivity contribution in [3.8, 4) is 0 Å². The molecule has 0 bridgehead atoms. The summed E-state index contributed by atoms with van der Waals surface area (Å²) in [7, 11) is 0. The Bertz CT molecular complexity index is 214. The van der Waals surface area contributed by atoms with Gasteiger partial charge in [-0.1, -0.05) is 39.0 Å². The number of rotatable bonds is 7. The van der Waals surface area contributed by atoms with Crippen LogP contribution in [-0.2, 0) is 4.79 Å². The first-order valence-corrected chi connectivity index (χ1v) is 7.65. The first kappa shape index (κ1) is 14.8. The van der Waals surface area contributed by atoms with Crippen LogP contribution in [0.3, 0.4) is 0 Å². The van der Waals surface area contributed by atoms with Crippen molar-refractivity contribution in [1.29, 1.82) is 0 Å². The Balaban J connectivity index is 2.14. The Morgan fingerprint density at radius 1 is 1.35 bits per heavy atom.